The molecule has 0 spiro atoms. The molecule has 0 unspecified atom stereocenters. The van der Waals surface area contributed by atoms with Gasteiger partial charge in [-0.15, -0.1) is 0 Å². The van der Waals surface area contributed by atoms with E-state index < -0.39 is 0 Å². The van der Waals surface area contributed by atoms with Gasteiger partial charge in [-0.2, -0.15) is 0 Å². The summed E-state index contributed by atoms with van der Waals surface area (Å²) in [6, 6.07) is 27.0. The maximum Gasteiger partial charge on any atom is 0.0518 e. The Labute approximate surface area is 205 Å². The number of aryl methyl sites for hydroxylation is 1. The van der Waals surface area contributed by atoms with Crippen molar-refractivity contribution >= 4 is 17.1 Å². The van der Waals surface area contributed by atoms with Gasteiger partial charge in [0.25, 0.3) is 0 Å². The average Bonchev–Trinajstić information content (AvgIpc) is 2.80. The highest BCUT2D eigenvalue weighted by atomic mass is 14.5. The van der Waals surface area contributed by atoms with E-state index in [1.54, 1.807) is 6.92 Å². The second-order valence-corrected chi connectivity index (χ2v) is 9.61. The van der Waals surface area contributed by atoms with Crippen molar-refractivity contribution in [1.29, 1.82) is 10.8 Å². The van der Waals surface area contributed by atoms with Gasteiger partial charge in [-0.1, -0.05) is 92.7 Å². The molecule has 0 bridgehead atoms. The van der Waals surface area contributed by atoms with Crippen LogP contribution in [0.4, 0.5) is 5.69 Å². The third kappa shape index (κ3) is 8.82. The van der Waals surface area contributed by atoms with Gasteiger partial charge >= 0.3 is 0 Å². The molecule has 3 nitrogen and oxygen atoms in total. The first-order valence-corrected chi connectivity index (χ1v) is 11.9. The zero-order valence-corrected chi connectivity index (χ0v) is 21.1. The molecular formula is C31H39N3. The Morgan fingerprint density at radius 1 is 0.824 bits per heavy atom. The molecule has 178 valence electrons. The van der Waals surface area contributed by atoms with Gasteiger partial charge in [0.1, 0.15) is 0 Å². The molecule has 0 fully saturated rings. The second-order valence-electron chi connectivity index (χ2n) is 9.61. The number of nitrogens with two attached hydrogens (primary N) is 1. The van der Waals surface area contributed by atoms with Crippen LogP contribution in [0.15, 0.2) is 91.0 Å². The fraction of sp³-hybridized carbons (Fsp3) is 0.290. The number of para-hydroxylation sites is 1. The zero-order valence-electron chi connectivity index (χ0n) is 21.1. The highest BCUT2D eigenvalue weighted by Gasteiger charge is 2.19. The number of rotatable bonds is 9. The first kappa shape index (κ1) is 26.8. The van der Waals surface area contributed by atoms with Crippen molar-refractivity contribution in [2.45, 2.75) is 53.4 Å². The number of hydrogen-bond acceptors (Lipinski definition) is 3. The summed E-state index contributed by atoms with van der Waals surface area (Å²) in [7, 11) is 0. The molecule has 0 atom stereocenters. The lowest BCUT2D eigenvalue weighted by Crippen LogP contribution is -2.15. The van der Waals surface area contributed by atoms with Crippen LogP contribution in [0.3, 0.4) is 0 Å². The molecule has 0 aliphatic rings. The lowest BCUT2D eigenvalue weighted by atomic mass is 9.80. The SMILES string of the molecule is C=C(C)C(C)(C)Cc1cccc(-c2cccc(CCCC(=N)C(C)=N)c2)c1.Nc1ccccc1. The fourth-order valence-corrected chi connectivity index (χ4v) is 3.54. The van der Waals surface area contributed by atoms with E-state index in [1.807, 2.05) is 30.3 Å². The lowest BCUT2D eigenvalue weighted by molar-refractivity contribution is 0.445. The summed E-state index contributed by atoms with van der Waals surface area (Å²) in [5.41, 5.74) is 13.4. The summed E-state index contributed by atoms with van der Waals surface area (Å²) in [4.78, 5) is 0. The number of nitrogens with one attached hydrogen (secondary N) is 2. The van der Waals surface area contributed by atoms with Crippen molar-refractivity contribution < 1.29 is 0 Å². The third-order valence-electron chi connectivity index (χ3n) is 6.13. The summed E-state index contributed by atoms with van der Waals surface area (Å²) in [6.07, 6.45) is 3.50. The molecular weight excluding hydrogens is 414 g/mol. The molecule has 0 saturated carbocycles. The van der Waals surface area contributed by atoms with E-state index >= 15 is 0 Å². The minimum atomic E-state index is 0.0952. The minimum Gasteiger partial charge on any atom is -0.399 e. The van der Waals surface area contributed by atoms with Gasteiger partial charge in [0.15, 0.2) is 0 Å². The smallest absolute Gasteiger partial charge is 0.0518 e. The van der Waals surface area contributed by atoms with Gasteiger partial charge < -0.3 is 16.6 Å². The molecule has 3 rings (SSSR count). The van der Waals surface area contributed by atoms with Gasteiger partial charge in [0.05, 0.1) is 5.71 Å². The highest BCUT2D eigenvalue weighted by Crippen LogP contribution is 2.31. The van der Waals surface area contributed by atoms with Crippen LogP contribution in [-0.4, -0.2) is 11.4 Å². The Morgan fingerprint density at radius 2 is 1.38 bits per heavy atom. The molecule has 0 aromatic heterocycles. The molecule has 0 aliphatic carbocycles. The quantitative estimate of drug-likeness (QED) is 0.171. The van der Waals surface area contributed by atoms with E-state index in [0.29, 0.717) is 17.8 Å². The Hall–Kier alpha value is -3.46. The largest absolute Gasteiger partial charge is 0.399 e. The molecule has 0 aliphatic heterocycles. The number of anilines is 1. The van der Waals surface area contributed by atoms with Crippen molar-refractivity contribution in [1.82, 2.24) is 0 Å². The van der Waals surface area contributed by atoms with Crippen LogP contribution in [0, 0.1) is 16.2 Å². The van der Waals surface area contributed by atoms with E-state index in [0.717, 1.165) is 24.9 Å². The summed E-state index contributed by atoms with van der Waals surface area (Å²) in [5.74, 6) is 0. The van der Waals surface area contributed by atoms with Gasteiger partial charge in [-0.25, -0.2) is 0 Å². The molecule has 0 radical (unpaired) electrons. The van der Waals surface area contributed by atoms with Crippen LogP contribution < -0.4 is 5.73 Å². The summed E-state index contributed by atoms with van der Waals surface area (Å²) in [5, 5.41) is 15.3. The van der Waals surface area contributed by atoms with E-state index in [9.17, 15) is 0 Å². The first-order valence-electron chi connectivity index (χ1n) is 11.9. The van der Waals surface area contributed by atoms with Crippen molar-refractivity contribution in [3.63, 3.8) is 0 Å². The highest BCUT2D eigenvalue weighted by molar-refractivity contribution is 6.38. The van der Waals surface area contributed by atoms with Crippen LogP contribution in [0.25, 0.3) is 11.1 Å². The molecule has 0 heterocycles. The van der Waals surface area contributed by atoms with Crippen LogP contribution in [0.5, 0.6) is 0 Å². The van der Waals surface area contributed by atoms with Gasteiger partial charge in [-0.05, 0) is 79.3 Å². The fourth-order valence-electron chi connectivity index (χ4n) is 3.54. The summed E-state index contributed by atoms with van der Waals surface area (Å²) >= 11 is 0. The van der Waals surface area contributed by atoms with Gasteiger partial charge in [0.2, 0.25) is 0 Å². The normalized spacial score (nSPS) is 10.7. The molecule has 0 amide bonds. The van der Waals surface area contributed by atoms with Gasteiger partial charge in [0, 0.05) is 11.4 Å². The van der Waals surface area contributed by atoms with E-state index in [4.69, 9.17) is 16.6 Å². The molecule has 3 aromatic carbocycles. The minimum absolute atomic E-state index is 0.0952. The average molecular weight is 454 g/mol. The summed E-state index contributed by atoms with van der Waals surface area (Å²) in [6.45, 7) is 12.4. The number of nitrogen functional groups attached to an aromatic ring is 1. The van der Waals surface area contributed by atoms with E-state index in [1.165, 1.54) is 27.8 Å². The predicted molar refractivity (Wildman–Crippen MR) is 149 cm³/mol. The number of hydrogen-bond donors (Lipinski definition) is 3. The monoisotopic (exact) mass is 453 g/mol. The molecule has 34 heavy (non-hydrogen) atoms. The van der Waals surface area contributed by atoms with Crippen LogP contribution in [0.2, 0.25) is 0 Å². The van der Waals surface area contributed by atoms with Gasteiger partial charge in [-0.3, -0.25) is 0 Å². The predicted octanol–water partition coefficient (Wildman–Crippen LogP) is 8.15. The van der Waals surface area contributed by atoms with Crippen molar-refractivity contribution in [3.8, 4) is 11.1 Å². The van der Waals surface area contributed by atoms with Crippen molar-refractivity contribution in [2.75, 3.05) is 5.73 Å². The second kappa shape index (κ2) is 12.7. The topological polar surface area (TPSA) is 73.7 Å². The molecule has 4 N–H and O–H groups in total. The molecule has 3 aromatic rings. The zero-order chi connectivity index (χ0) is 25.1. The van der Waals surface area contributed by atoms with Crippen LogP contribution >= 0.6 is 0 Å². The van der Waals surface area contributed by atoms with E-state index in [-0.39, 0.29) is 5.41 Å². The van der Waals surface area contributed by atoms with E-state index in [2.05, 4.69) is 75.9 Å². The van der Waals surface area contributed by atoms with Crippen LogP contribution in [-0.2, 0) is 12.8 Å². The maximum atomic E-state index is 7.78. The Bertz CT molecular complexity index is 1110. The van der Waals surface area contributed by atoms with Crippen molar-refractivity contribution in [2.24, 2.45) is 5.41 Å². The molecule has 0 saturated heterocycles. The third-order valence-corrected chi connectivity index (χ3v) is 6.13. The number of allylic oxidation sites excluding steroid dienone is 1. The molecule has 3 heteroatoms. The number of benzene rings is 3. The Kier molecular flexibility index (Phi) is 10.0. The Balaban J connectivity index is 0.000000497. The first-order chi connectivity index (χ1) is 16.1. The summed E-state index contributed by atoms with van der Waals surface area (Å²) < 4.78 is 0. The van der Waals surface area contributed by atoms with Crippen LogP contribution in [0.1, 0.15) is 51.7 Å². The lowest BCUT2D eigenvalue weighted by Gasteiger charge is -2.25. The Morgan fingerprint density at radius 3 is 1.88 bits per heavy atom. The standard InChI is InChI=1S/C25H32N2.C6H7N/c1-18(2)25(4,5)17-21-11-7-13-23(16-21)22-12-6-9-20(15-22)10-8-14-24(27)19(3)26;7-6-4-2-1-3-5-6/h6-7,9,11-13,15-16,26-27H,1,8,10,14,17H2,2-5H3;1-5H,7H2. The van der Waals surface area contributed by atoms with Crippen molar-refractivity contribution in [3.05, 3.63) is 102 Å². The maximum absolute atomic E-state index is 7.78.